The summed E-state index contributed by atoms with van der Waals surface area (Å²) in [5.41, 5.74) is 4.05. The summed E-state index contributed by atoms with van der Waals surface area (Å²) in [5, 5.41) is 3.35. The maximum atomic E-state index is 12.5. The lowest BCUT2D eigenvalue weighted by Crippen LogP contribution is -2.51. The number of piperazine rings is 1. The number of likely N-dealkylation sites (N-methyl/N-ethyl adjacent to an activating group) is 2. The van der Waals surface area contributed by atoms with E-state index in [1.54, 1.807) is 33.3 Å². The number of nitrogens with zero attached hydrogens (tertiary/aromatic N) is 6. The van der Waals surface area contributed by atoms with Crippen LogP contribution in [0.5, 0.6) is 5.75 Å². The number of carbonyl (C=O) groups is 1. The van der Waals surface area contributed by atoms with Crippen LogP contribution in [-0.2, 0) is 4.79 Å². The van der Waals surface area contributed by atoms with Crippen molar-refractivity contribution in [1.82, 2.24) is 19.9 Å². The Balaban J connectivity index is 1.22. The number of ether oxygens (including phenoxy) is 1. The molecule has 1 aromatic carbocycles. The van der Waals surface area contributed by atoms with Gasteiger partial charge in [0.05, 0.1) is 5.69 Å². The van der Waals surface area contributed by atoms with Gasteiger partial charge >= 0.3 is 0 Å². The number of hydrogen-bond donors (Lipinski definition) is 1. The minimum Gasteiger partial charge on any atom is -0.474 e. The van der Waals surface area contributed by atoms with E-state index in [1.807, 2.05) is 12.1 Å². The molecule has 2 bridgehead atoms. The molecule has 2 atom stereocenters. The highest BCUT2D eigenvalue weighted by molar-refractivity contribution is 6.01. The zero-order valence-electron chi connectivity index (χ0n) is 21.3. The van der Waals surface area contributed by atoms with Crippen LogP contribution in [0, 0.1) is 6.92 Å². The fourth-order valence-corrected chi connectivity index (χ4v) is 5.65. The first-order chi connectivity index (χ1) is 17.2. The predicted molar refractivity (Wildman–Crippen MR) is 140 cm³/mol. The number of aryl methyl sites for hydroxylation is 1. The summed E-state index contributed by atoms with van der Waals surface area (Å²) in [5.74, 6) is 1.44. The Hall–Kier alpha value is -3.72. The number of pyridine rings is 1. The van der Waals surface area contributed by atoms with Crippen molar-refractivity contribution in [3.05, 3.63) is 48.3 Å². The third-order valence-electron chi connectivity index (χ3n) is 7.56. The molecule has 3 aliphatic heterocycles. The summed E-state index contributed by atoms with van der Waals surface area (Å²) >= 11 is 0. The van der Waals surface area contributed by atoms with Gasteiger partial charge < -0.3 is 15.0 Å². The fraction of sp³-hybridized carbons (Fsp3) is 0.407. The van der Waals surface area contributed by atoms with E-state index < -0.39 is 5.60 Å². The lowest BCUT2D eigenvalue weighted by atomic mass is 10.1. The number of likely N-dealkylation sites (tertiary alicyclic amines) is 1. The number of benzene rings is 1. The molecule has 2 saturated heterocycles. The number of amides is 1. The van der Waals surface area contributed by atoms with Crippen LogP contribution in [0.25, 0.3) is 11.3 Å². The fourth-order valence-electron chi connectivity index (χ4n) is 5.65. The second kappa shape index (κ2) is 8.16. The lowest BCUT2D eigenvalue weighted by Gasteiger charge is -2.36. The van der Waals surface area contributed by atoms with E-state index in [9.17, 15) is 4.79 Å². The number of fused-ring (bicyclic) bond motifs is 3. The van der Waals surface area contributed by atoms with E-state index in [0.717, 1.165) is 24.3 Å². The molecule has 36 heavy (non-hydrogen) atoms. The predicted octanol–water partition coefficient (Wildman–Crippen LogP) is 3.62. The molecule has 0 aliphatic carbocycles. The van der Waals surface area contributed by atoms with E-state index >= 15 is 0 Å². The highest BCUT2D eigenvalue weighted by Crippen LogP contribution is 2.38. The number of nitrogens with one attached hydrogen (secondary N) is 1. The molecule has 3 aliphatic rings. The Morgan fingerprint density at radius 3 is 2.64 bits per heavy atom. The van der Waals surface area contributed by atoms with E-state index in [2.05, 4.69) is 57.3 Å². The van der Waals surface area contributed by atoms with Gasteiger partial charge in [-0.05, 0) is 70.1 Å². The van der Waals surface area contributed by atoms with E-state index in [1.165, 1.54) is 22.6 Å². The van der Waals surface area contributed by atoms with Gasteiger partial charge in [-0.2, -0.15) is 0 Å². The normalized spacial score (nSPS) is 22.5. The zero-order chi connectivity index (χ0) is 25.2. The summed E-state index contributed by atoms with van der Waals surface area (Å²) in [7, 11) is 3.94. The lowest BCUT2D eigenvalue weighted by molar-refractivity contribution is -0.132. The average molecular weight is 486 g/mol. The molecule has 5 heterocycles. The number of hydrogen-bond acceptors (Lipinski definition) is 8. The molecule has 0 unspecified atom stereocenters. The topological polar surface area (TPSA) is 86.7 Å². The van der Waals surface area contributed by atoms with E-state index in [0.29, 0.717) is 35.3 Å². The summed E-state index contributed by atoms with van der Waals surface area (Å²) in [6, 6.07) is 11.4. The first kappa shape index (κ1) is 22.7. The molecule has 186 valence electrons. The highest BCUT2D eigenvalue weighted by atomic mass is 16.5. The molecule has 2 aromatic heterocycles. The van der Waals surface area contributed by atoms with Crippen molar-refractivity contribution < 1.29 is 9.53 Å². The van der Waals surface area contributed by atoms with Gasteiger partial charge in [-0.3, -0.25) is 14.6 Å². The highest BCUT2D eigenvalue weighted by Gasteiger charge is 2.42. The van der Waals surface area contributed by atoms with Gasteiger partial charge in [-0.15, -0.1) is 0 Å². The second-order valence-corrected chi connectivity index (χ2v) is 10.5. The molecule has 1 amide bonds. The van der Waals surface area contributed by atoms with Crippen LogP contribution in [0.3, 0.4) is 0 Å². The van der Waals surface area contributed by atoms with Crippen molar-refractivity contribution in [2.45, 2.75) is 44.9 Å². The van der Waals surface area contributed by atoms with Crippen molar-refractivity contribution in [1.29, 1.82) is 0 Å². The Morgan fingerprint density at radius 2 is 1.92 bits per heavy atom. The van der Waals surface area contributed by atoms with Crippen LogP contribution in [0.15, 0.2) is 42.7 Å². The van der Waals surface area contributed by atoms with Crippen LogP contribution in [0.4, 0.5) is 23.1 Å². The molecule has 1 N–H and O–H groups in total. The van der Waals surface area contributed by atoms with Gasteiger partial charge in [0.2, 0.25) is 5.95 Å². The summed E-state index contributed by atoms with van der Waals surface area (Å²) < 4.78 is 5.96. The number of rotatable bonds is 4. The molecule has 2 fully saturated rings. The zero-order valence-corrected chi connectivity index (χ0v) is 21.3. The van der Waals surface area contributed by atoms with Crippen LogP contribution < -0.4 is 19.9 Å². The molecular weight excluding hydrogens is 454 g/mol. The monoisotopic (exact) mass is 485 g/mol. The quantitative estimate of drug-likeness (QED) is 0.600. The maximum Gasteiger partial charge on any atom is 0.271 e. The Morgan fingerprint density at radius 1 is 1.08 bits per heavy atom. The number of anilines is 4. The molecule has 3 aromatic rings. The van der Waals surface area contributed by atoms with Gasteiger partial charge in [0, 0.05) is 61.6 Å². The molecule has 9 heteroatoms. The van der Waals surface area contributed by atoms with Gasteiger partial charge in [0.25, 0.3) is 5.91 Å². The Labute approximate surface area is 211 Å². The molecule has 9 nitrogen and oxygen atoms in total. The van der Waals surface area contributed by atoms with E-state index in [4.69, 9.17) is 9.72 Å². The Kier molecular flexibility index (Phi) is 5.15. The number of aromatic nitrogens is 3. The van der Waals surface area contributed by atoms with Crippen molar-refractivity contribution >= 4 is 29.0 Å². The largest absolute Gasteiger partial charge is 0.474 e. The third-order valence-corrected chi connectivity index (χ3v) is 7.56. The SMILES string of the molecule is Cc1cc(Nc2nccc(-c3cnc4c(c3)OC(C)(C)C(=O)N4C)n2)ccc1N1C[C@@H]2C[C@H]1CN2C. The summed E-state index contributed by atoms with van der Waals surface area (Å²) in [6.07, 6.45) is 4.68. The minimum atomic E-state index is -0.949. The molecule has 0 spiro atoms. The first-order valence-electron chi connectivity index (χ1n) is 12.3. The van der Waals surface area contributed by atoms with Crippen molar-refractivity contribution in [3.63, 3.8) is 0 Å². The first-order valence-corrected chi connectivity index (χ1v) is 12.3. The van der Waals surface area contributed by atoms with Crippen LogP contribution in [0.1, 0.15) is 25.8 Å². The van der Waals surface area contributed by atoms with Gasteiger partial charge in [0.15, 0.2) is 17.2 Å². The molecule has 6 rings (SSSR count). The smallest absolute Gasteiger partial charge is 0.271 e. The molecule has 0 saturated carbocycles. The maximum absolute atomic E-state index is 12.5. The third kappa shape index (κ3) is 3.74. The van der Waals surface area contributed by atoms with Crippen molar-refractivity contribution in [2.75, 3.05) is 42.3 Å². The van der Waals surface area contributed by atoms with E-state index in [-0.39, 0.29) is 5.91 Å². The average Bonchev–Trinajstić information content (AvgIpc) is 3.42. The van der Waals surface area contributed by atoms with Crippen molar-refractivity contribution in [2.24, 2.45) is 0 Å². The Bertz CT molecular complexity index is 1360. The van der Waals surface area contributed by atoms with Crippen LogP contribution in [-0.4, -0.2) is 70.6 Å². The number of carbonyl (C=O) groups excluding carboxylic acids is 1. The van der Waals surface area contributed by atoms with Gasteiger partial charge in [0.1, 0.15) is 0 Å². The molecule has 0 radical (unpaired) electrons. The van der Waals surface area contributed by atoms with Crippen LogP contribution in [0.2, 0.25) is 0 Å². The van der Waals surface area contributed by atoms with Gasteiger partial charge in [-0.1, -0.05) is 0 Å². The summed E-state index contributed by atoms with van der Waals surface area (Å²) in [4.78, 5) is 32.6. The summed E-state index contributed by atoms with van der Waals surface area (Å²) in [6.45, 7) is 7.91. The molecular formula is C27H31N7O2. The van der Waals surface area contributed by atoms with Crippen molar-refractivity contribution in [3.8, 4) is 17.0 Å². The standard InChI is InChI=1S/C27H31N7O2/c1-16-10-18(6-7-22(16)34-15-19-12-20(34)14-32(19)4)30-26-28-9-8-21(31-26)17-11-23-24(29-13-17)33(5)25(35)27(2,3)36-23/h6-11,13,19-20H,12,14-15H2,1-5H3,(H,28,30,31)/t19-,20-/m0/s1. The second-order valence-electron chi connectivity index (χ2n) is 10.5. The van der Waals surface area contributed by atoms with Crippen LogP contribution >= 0.6 is 0 Å². The van der Waals surface area contributed by atoms with Gasteiger partial charge in [-0.25, -0.2) is 15.0 Å². The minimum absolute atomic E-state index is 0.130.